The van der Waals surface area contributed by atoms with Gasteiger partial charge in [0.1, 0.15) is 4.88 Å². The van der Waals surface area contributed by atoms with Crippen LogP contribution in [0.5, 0.6) is 0 Å². The monoisotopic (exact) mass is 340 g/mol. The number of halogens is 1. The van der Waals surface area contributed by atoms with Crippen LogP contribution in [0.25, 0.3) is 0 Å². The smallest absolute Gasteiger partial charge is 0.265 e. The average Bonchev–Trinajstić information content (AvgIpc) is 2.85. The number of aliphatic hydroxyl groups excluding tert-OH is 1. The lowest BCUT2D eigenvalue weighted by Gasteiger charge is -2.21. The molecule has 0 unspecified atom stereocenters. The highest BCUT2D eigenvalue weighted by molar-refractivity contribution is 9.10. The maximum absolute atomic E-state index is 12.4. The molecule has 6 heteroatoms. The Morgan fingerprint density at radius 1 is 1.47 bits per heavy atom. The maximum atomic E-state index is 12.4. The van der Waals surface area contributed by atoms with Gasteiger partial charge in [0.15, 0.2) is 0 Å². The number of carbonyl (C=O) groups is 1. The van der Waals surface area contributed by atoms with E-state index in [0.717, 1.165) is 10.0 Å². The van der Waals surface area contributed by atoms with E-state index < -0.39 is 0 Å². The van der Waals surface area contributed by atoms with Crippen molar-refractivity contribution in [2.24, 2.45) is 0 Å². The molecule has 2 aromatic heterocycles. The van der Waals surface area contributed by atoms with E-state index in [-0.39, 0.29) is 12.5 Å². The van der Waals surface area contributed by atoms with Crippen molar-refractivity contribution in [3.63, 3.8) is 0 Å². The predicted molar refractivity (Wildman–Crippen MR) is 78.1 cm³/mol. The third kappa shape index (κ3) is 3.62. The molecule has 2 heterocycles. The van der Waals surface area contributed by atoms with E-state index in [1.807, 2.05) is 23.6 Å². The minimum absolute atomic E-state index is 0.0605. The van der Waals surface area contributed by atoms with Crippen molar-refractivity contribution in [1.29, 1.82) is 0 Å². The first-order valence-corrected chi connectivity index (χ1v) is 7.41. The van der Waals surface area contributed by atoms with Crippen LogP contribution in [0.1, 0.15) is 15.2 Å². The quantitative estimate of drug-likeness (QED) is 0.909. The van der Waals surface area contributed by atoms with Crippen molar-refractivity contribution in [2.45, 2.75) is 6.54 Å². The number of aromatic nitrogens is 1. The third-order valence-electron chi connectivity index (χ3n) is 2.56. The van der Waals surface area contributed by atoms with Crippen molar-refractivity contribution in [2.75, 3.05) is 13.2 Å². The van der Waals surface area contributed by atoms with Crippen molar-refractivity contribution < 1.29 is 9.90 Å². The number of pyridine rings is 1. The highest BCUT2D eigenvalue weighted by Crippen LogP contribution is 2.24. The van der Waals surface area contributed by atoms with E-state index in [4.69, 9.17) is 5.11 Å². The van der Waals surface area contributed by atoms with E-state index in [2.05, 4.69) is 20.9 Å². The molecule has 0 aromatic carbocycles. The molecule has 0 spiro atoms. The van der Waals surface area contributed by atoms with Gasteiger partial charge in [0.2, 0.25) is 0 Å². The van der Waals surface area contributed by atoms with Gasteiger partial charge in [0.25, 0.3) is 5.91 Å². The van der Waals surface area contributed by atoms with E-state index in [0.29, 0.717) is 18.0 Å². The Morgan fingerprint density at radius 2 is 2.32 bits per heavy atom. The Balaban J connectivity index is 2.16. The zero-order valence-corrected chi connectivity index (χ0v) is 12.5. The summed E-state index contributed by atoms with van der Waals surface area (Å²) < 4.78 is 0.789. The summed E-state index contributed by atoms with van der Waals surface area (Å²) in [5, 5.41) is 11.0. The fourth-order valence-corrected chi connectivity index (χ4v) is 3.18. The molecule has 0 saturated heterocycles. The molecule has 1 amide bonds. The van der Waals surface area contributed by atoms with Gasteiger partial charge in [0.05, 0.1) is 6.61 Å². The first kappa shape index (κ1) is 14.2. The lowest BCUT2D eigenvalue weighted by Crippen LogP contribution is -2.32. The Labute approximate surface area is 123 Å². The van der Waals surface area contributed by atoms with Gasteiger partial charge < -0.3 is 10.0 Å². The Hall–Kier alpha value is -1.24. The number of hydrogen-bond acceptors (Lipinski definition) is 4. The topological polar surface area (TPSA) is 53.4 Å². The lowest BCUT2D eigenvalue weighted by atomic mass is 10.2. The number of carbonyl (C=O) groups excluding carboxylic acids is 1. The Bertz CT molecular complexity index is 545. The summed E-state index contributed by atoms with van der Waals surface area (Å²) in [6.45, 7) is 0.685. The van der Waals surface area contributed by atoms with Crippen molar-refractivity contribution in [3.05, 3.63) is 50.9 Å². The predicted octanol–water partition coefficient (Wildman–Crippen LogP) is 2.54. The molecule has 0 fully saturated rings. The van der Waals surface area contributed by atoms with Gasteiger partial charge in [-0.2, -0.15) is 0 Å². The number of amides is 1. The van der Waals surface area contributed by atoms with Crippen molar-refractivity contribution in [1.82, 2.24) is 9.88 Å². The molecule has 0 radical (unpaired) electrons. The van der Waals surface area contributed by atoms with E-state index in [9.17, 15) is 4.79 Å². The van der Waals surface area contributed by atoms with Gasteiger partial charge in [-0.1, -0.05) is 6.07 Å². The van der Waals surface area contributed by atoms with Crippen LogP contribution < -0.4 is 0 Å². The van der Waals surface area contributed by atoms with Crippen LogP contribution in [0.15, 0.2) is 40.4 Å². The average molecular weight is 341 g/mol. The van der Waals surface area contributed by atoms with E-state index >= 15 is 0 Å². The molecule has 0 aliphatic heterocycles. The van der Waals surface area contributed by atoms with Crippen LogP contribution >= 0.6 is 27.3 Å². The molecule has 0 aliphatic carbocycles. The number of nitrogens with zero attached hydrogens (tertiary/aromatic N) is 2. The molecule has 0 atom stereocenters. The van der Waals surface area contributed by atoms with Gasteiger partial charge in [-0.3, -0.25) is 9.78 Å². The zero-order chi connectivity index (χ0) is 13.7. The van der Waals surface area contributed by atoms with Crippen LogP contribution in [-0.4, -0.2) is 34.0 Å². The fourth-order valence-electron chi connectivity index (χ4n) is 1.68. The SMILES string of the molecule is O=C(c1sccc1Br)N(CCO)Cc1cccnc1. The van der Waals surface area contributed by atoms with Crippen LogP contribution in [0.3, 0.4) is 0 Å². The van der Waals surface area contributed by atoms with E-state index in [1.165, 1.54) is 11.3 Å². The van der Waals surface area contributed by atoms with Crippen LogP contribution in [0.4, 0.5) is 0 Å². The van der Waals surface area contributed by atoms with Gasteiger partial charge in [-0.25, -0.2) is 0 Å². The molecule has 0 bridgehead atoms. The maximum Gasteiger partial charge on any atom is 0.265 e. The second kappa shape index (κ2) is 6.79. The normalized spacial score (nSPS) is 10.4. The fraction of sp³-hybridized carbons (Fsp3) is 0.231. The largest absolute Gasteiger partial charge is 0.395 e. The van der Waals surface area contributed by atoms with Gasteiger partial charge in [-0.15, -0.1) is 11.3 Å². The van der Waals surface area contributed by atoms with Gasteiger partial charge in [-0.05, 0) is 39.0 Å². The molecular formula is C13H13BrN2O2S. The number of thiophene rings is 1. The molecular weight excluding hydrogens is 328 g/mol. The van der Waals surface area contributed by atoms with Gasteiger partial charge in [0, 0.05) is 30.0 Å². The minimum atomic E-state index is -0.0835. The minimum Gasteiger partial charge on any atom is -0.395 e. The van der Waals surface area contributed by atoms with E-state index in [1.54, 1.807) is 17.3 Å². The summed E-state index contributed by atoms with van der Waals surface area (Å²) >= 11 is 4.75. The molecule has 100 valence electrons. The second-order valence-corrected chi connectivity index (χ2v) is 5.68. The highest BCUT2D eigenvalue weighted by Gasteiger charge is 2.19. The van der Waals surface area contributed by atoms with Crippen LogP contribution in [0.2, 0.25) is 0 Å². The zero-order valence-electron chi connectivity index (χ0n) is 10.1. The molecule has 0 saturated carbocycles. The molecule has 19 heavy (non-hydrogen) atoms. The summed E-state index contributed by atoms with van der Waals surface area (Å²) in [7, 11) is 0. The molecule has 4 nitrogen and oxygen atoms in total. The third-order valence-corrected chi connectivity index (χ3v) is 4.39. The molecule has 2 rings (SSSR count). The van der Waals surface area contributed by atoms with Crippen molar-refractivity contribution >= 4 is 33.2 Å². The number of rotatable bonds is 5. The van der Waals surface area contributed by atoms with Gasteiger partial charge >= 0.3 is 0 Å². The molecule has 1 N–H and O–H groups in total. The first-order chi connectivity index (χ1) is 9.22. The highest BCUT2D eigenvalue weighted by atomic mass is 79.9. The Kier molecular flexibility index (Phi) is 5.07. The van der Waals surface area contributed by atoms with Crippen LogP contribution in [-0.2, 0) is 6.54 Å². The second-order valence-electron chi connectivity index (χ2n) is 3.91. The number of hydrogen-bond donors (Lipinski definition) is 1. The lowest BCUT2D eigenvalue weighted by molar-refractivity contribution is 0.0712. The first-order valence-electron chi connectivity index (χ1n) is 5.74. The Morgan fingerprint density at radius 3 is 2.89 bits per heavy atom. The molecule has 0 aliphatic rings. The summed E-state index contributed by atoms with van der Waals surface area (Å²) in [5.74, 6) is -0.0835. The molecule has 2 aromatic rings. The number of aliphatic hydroxyl groups is 1. The standard InChI is InChI=1S/C13H13BrN2O2S/c14-11-3-7-19-12(11)13(18)16(5-6-17)9-10-2-1-4-15-8-10/h1-4,7-8,17H,5-6,9H2. The van der Waals surface area contributed by atoms with Crippen LogP contribution in [0, 0.1) is 0 Å². The summed E-state index contributed by atoms with van der Waals surface area (Å²) in [6, 6.07) is 5.59. The van der Waals surface area contributed by atoms with Crippen molar-refractivity contribution in [3.8, 4) is 0 Å². The summed E-state index contributed by atoms with van der Waals surface area (Å²) in [5.41, 5.74) is 0.942. The summed E-state index contributed by atoms with van der Waals surface area (Å²) in [6.07, 6.45) is 3.42. The summed E-state index contributed by atoms with van der Waals surface area (Å²) in [4.78, 5) is 18.7.